The molecule has 2 N–H and O–H groups in total. The van der Waals surface area contributed by atoms with Crippen molar-refractivity contribution in [3.8, 4) is 5.75 Å². The summed E-state index contributed by atoms with van der Waals surface area (Å²) in [4.78, 5) is 11.3. The Kier molecular flexibility index (Phi) is 3.66. The van der Waals surface area contributed by atoms with Crippen LogP contribution in [0.15, 0.2) is 18.2 Å². The first kappa shape index (κ1) is 12.4. The van der Waals surface area contributed by atoms with Crippen LogP contribution in [0.5, 0.6) is 5.75 Å². The van der Waals surface area contributed by atoms with Crippen molar-refractivity contribution in [2.75, 3.05) is 25.1 Å². The average molecular weight is 262 g/mol. The first-order valence-corrected chi connectivity index (χ1v) is 6.68. The van der Waals surface area contributed by atoms with Crippen molar-refractivity contribution in [1.82, 2.24) is 5.32 Å². The third kappa shape index (κ3) is 3.05. The number of rotatable bonds is 3. The molecule has 2 aliphatic heterocycles. The smallest absolute Gasteiger partial charge is 0.262 e. The lowest BCUT2D eigenvalue weighted by molar-refractivity contribution is -0.118. The maximum atomic E-state index is 11.3. The van der Waals surface area contributed by atoms with Crippen molar-refractivity contribution in [2.45, 2.75) is 25.4 Å². The van der Waals surface area contributed by atoms with E-state index in [-0.39, 0.29) is 12.5 Å². The number of benzene rings is 1. The van der Waals surface area contributed by atoms with Gasteiger partial charge >= 0.3 is 0 Å². The van der Waals surface area contributed by atoms with Crippen LogP contribution in [-0.2, 0) is 16.1 Å². The quantitative estimate of drug-likeness (QED) is 0.861. The minimum absolute atomic E-state index is 0.0953. The summed E-state index contributed by atoms with van der Waals surface area (Å²) in [6, 6.07) is 6.44. The summed E-state index contributed by atoms with van der Waals surface area (Å²) in [6.45, 7) is 2.58. The van der Waals surface area contributed by atoms with Crippen LogP contribution in [0.2, 0.25) is 0 Å². The Morgan fingerprint density at radius 2 is 2.16 bits per heavy atom. The Morgan fingerprint density at radius 1 is 1.32 bits per heavy atom. The molecule has 2 aliphatic rings. The minimum Gasteiger partial charge on any atom is -0.482 e. The summed E-state index contributed by atoms with van der Waals surface area (Å²) in [6.07, 6.45) is 2.12. The maximum absolute atomic E-state index is 11.3. The molecule has 0 atom stereocenters. The fraction of sp³-hybridized carbons (Fsp3) is 0.500. The van der Waals surface area contributed by atoms with E-state index < -0.39 is 0 Å². The van der Waals surface area contributed by atoms with Crippen molar-refractivity contribution in [3.63, 3.8) is 0 Å². The van der Waals surface area contributed by atoms with Crippen LogP contribution in [0.1, 0.15) is 18.4 Å². The molecule has 5 nitrogen and oxygen atoms in total. The number of carbonyl (C=O) groups is 1. The summed E-state index contributed by atoms with van der Waals surface area (Å²) < 4.78 is 10.7. The number of fused-ring (bicyclic) bond motifs is 1. The molecule has 0 bridgehead atoms. The molecule has 0 saturated carbocycles. The third-order valence-electron chi connectivity index (χ3n) is 3.49. The molecule has 1 saturated heterocycles. The predicted molar refractivity (Wildman–Crippen MR) is 71.2 cm³/mol. The van der Waals surface area contributed by atoms with Crippen LogP contribution >= 0.6 is 0 Å². The summed E-state index contributed by atoms with van der Waals surface area (Å²) in [5.74, 6) is 0.649. The van der Waals surface area contributed by atoms with Crippen molar-refractivity contribution in [2.24, 2.45) is 0 Å². The van der Waals surface area contributed by atoms with Crippen molar-refractivity contribution in [3.05, 3.63) is 23.8 Å². The highest BCUT2D eigenvalue weighted by atomic mass is 16.5. The first-order valence-electron chi connectivity index (χ1n) is 6.68. The molecule has 19 heavy (non-hydrogen) atoms. The highest BCUT2D eigenvalue weighted by molar-refractivity contribution is 5.95. The number of nitrogens with one attached hydrogen (secondary N) is 2. The zero-order valence-electron chi connectivity index (χ0n) is 10.8. The minimum atomic E-state index is -0.0953. The third-order valence-corrected chi connectivity index (χ3v) is 3.49. The van der Waals surface area contributed by atoms with E-state index >= 15 is 0 Å². The molecule has 0 spiro atoms. The molecular weight excluding hydrogens is 244 g/mol. The highest BCUT2D eigenvalue weighted by Gasteiger charge is 2.17. The predicted octanol–water partition coefficient (Wildman–Crippen LogP) is 1.29. The number of carbonyl (C=O) groups excluding carboxylic acids is 1. The van der Waals surface area contributed by atoms with Gasteiger partial charge in [-0.2, -0.15) is 0 Å². The van der Waals surface area contributed by atoms with Gasteiger partial charge in [0.15, 0.2) is 6.61 Å². The molecule has 1 fully saturated rings. The van der Waals surface area contributed by atoms with Crippen LogP contribution in [0.4, 0.5) is 5.69 Å². The molecular formula is C14H18N2O3. The van der Waals surface area contributed by atoms with E-state index in [1.54, 1.807) is 0 Å². The number of ether oxygens (including phenoxy) is 2. The zero-order chi connectivity index (χ0) is 13.1. The van der Waals surface area contributed by atoms with Gasteiger partial charge in [0.25, 0.3) is 5.91 Å². The lowest BCUT2D eigenvalue weighted by Gasteiger charge is -2.24. The average Bonchev–Trinajstić information content (AvgIpc) is 2.46. The van der Waals surface area contributed by atoms with E-state index in [4.69, 9.17) is 9.47 Å². The molecule has 0 aromatic heterocycles. The lowest BCUT2D eigenvalue weighted by atomic mass is 10.1. The number of hydrogen-bond acceptors (Lipinski definition) is 4. The second-order valence-electron chi connectivity index (χ2n) is 4.93. The molecule has 1 aromatic rings. The SMILES string of the molecule is O=C1COc2ccc(CNC3CCOCC3)cc2N1. The fourth-order valence-corrected chi connectivity index (χ4v) is 2.40. The zero-order valence-corrected chi connectivity index (χ0v) is 10.8. The molecule has 5 heteroatoms. The van der Waals surface area contributed by atoms with Gasteiger partial charge in [0.05, 0.1) is 5.69 Å². The Hall–Kier alpha value is -1.59. The van der Waals surface area contributed by atoms with Gasteiger partial charge in [0.1, 0.15) is 5.75 Å². The van der Waals surface area contributed by atoms with Crippen LogP contribution in [0.25, 0.3) is 0 Å². The van der Waals surface area contributed by atoms with Crippen LogP contribution in [0.3, 0.4) is 0 Å². The second-order valence-corrected chi connectivity index (χ2v) is 4.93. The molecule has 2 heterocycles. The summed E-state index contributed by atoms with van der Waals surface area (Å²) in [7, 11) is 0. The van der Waals surface area contributed by atoms with Gasteiger partial charge in [-0.05, 0) is 30.5 Å². The number of amides is 1. The Bertz CT molecular complexity index is 470. The van der Waals surface area contributed by atoms with Gasteiger partial charge in [-0.1, -0.05) is 6.07 Å². The van der Waals surface area contributed by atoms with E-state index in [1.807, 2.05) is 18.2 Å². The Labute approximate surface area is 112 Å². The van der Waals surface area contributed by atoms with E-state index in [2.05, 4.69) is 10.6 Å². The molecule has 3 rings (SSSR count). The molecule has 102 valence electrons. The van der Waals surface area contributed by atoms with E-state index in [9.17, 15) is 4.79 Å². The monoisotopic (exact) mass is 262 g/mol. The van der Waals surface area contributed by atoms with Gasteiger partial charge in [0.2, 0.25) is 0 Å². The van der Waals surface area contributed by atoms with Crippen molar-refractivity contribution < 1.29 is 14.3 Å². The number of anilines is 1. The Balaban J connectivity index is 1.61. The van der Waals surface area contributed by atoms with Crippen molar-refractivity contribution >= 4 is 11.6 Å². The highest BCUT2D eigenvalue weighted by Crippen LogP contribution is 2.28. The van der Waals surface area contributed by atoms with Crippen LogP contribution < -0.4 is 15.4 Å². The van der Waals surface area contributed by atoms with Gasteiger partial charge < -0.3 is 20.1 Å². The normalized spacial score (nSPS) is 19.5. The van der Waals surface area contributed by atoms with Gasteiger partial charge in [-0.3, -0.25) is 4.79 Å². The lowest BCUT2D eigenvalue weighted by Crippen LogP contribution is -2.34. The van der Waals surface area contributed by atoms with E-state index in [1.165, 1.54) is 0 Å². The largest absolute Gasteiger partial charge is 0.482 e. The molecule has 1 aromatic carbocycles. The standard InChI is InChI=1S/C14H18N2O3/c17-14-9-19-13-2-1-10(7-12(13)16-14)8-15-11-3-5-18-6-4-11/h1-2,7,11,15H,3-6,8-9H2,(H,16,17). The van der Waals surface area contributed by atoms with Gasteiger partial charge in [-0.25, -0.2) is 0 Å². The Morgan fingerprint density at radius 3 is 3.00 bits per heavy atom. The molecule has 0 aliphatic carbocycles. The van der Waals surface area contributed by atoms with Crippen LogP contribution in [-0.4, -0.2) is 31.8 Å². The summed E-state index contributed by atoms with van der Waals surface area (Å²) in [5.41, 5.74) is 1.92. The maximum Gasteiger partial charge on any atom is 0.262 e. The van der Waals surface area contributed by atoms with Crippen LogP contribution in [0, 0.1) is 0 Å². The summed E-state index contributed by atoms with van der Waals surface area (Å²) in [5, 5.41) is 6.35. The second kappa shape index (κ2) is 5.59. The summed E-state index contributed by atoms with van der Waals surface area (Å²) >= 11 is 0. The van der Waals surface area contributed by atoms with E-state index in [0.717, 1.165) is 49.6 Å². The van der Waals surface area contributed by atoms with Gasteiger partial charge in [0, 0.05) is 25.8 Å². The first-order chi connectivity index (χ1) is 9.31. The van der Waals surface area contributed by atoms with Crippen molar-refractivity contribution in [1.29, 1.82) is 0 Å². The number of hydrogen-bond donors (Lipinski definition) is 2. The van der Waals surface area contributed by atoms with Gasteiger partial charge in [-0.15, -0.1) is 0 Å². The topological polar surface area (TPSA) is 59.6 Å². The molecule has 0 radical (unpaired) electrons. The molecule has 1 amide bonds. The van der Waals surface area contributed by atoms with E-state index in [0.29, 0.717) is 6.04 Å². The molecule has 0 unspecified atom stereocenters. The fourth-order valence-electron chi connectivity index (χ4n) is 2.40.